The van der Waals surface area contributed by atoms with Crippen molar-refractivity contribution in [2.75, 3.05) is 0 Å². The Morgan fingerprint density at radius 3 is 2.83 bits per heavy atom. The number of carboxylic acid groups (broad SMARTS) is 1. The van der Waals surface area contributed by atoms with Crippen LogP contribution in [0.15, 0.2) is 6.07 Å². The van der Waals surface area contributed by atoms with Crippen LogP contribution in [0.25, 0.3) is 5.78 Å². The highest BCUT2D eigenvalue weighted by Crippen LogP contribution is 2.10. The van der Waals surface area contributed by atoms with E-state index in [1.807, 2.05) is 24.3 Å². The minimum Gasteiger partial charge on any atom is -0.481 e. The van der Waals surface area contributed by atoms with Crippen molar-refractivity contribution in [1.82, 2.24) is 19.6 Å². The van der Waals surface area contributed by atoms with Gasteiger partial charge in [0.25, 0.3) is 5.78 Å². The molecular formula is C12H16N4O2. The van der Waals surface area contributed by atoms with E-state index in [-0.39, 0.29) is 6.42 Å². The molecule has 0 aromatic carbocycles. The van der Waals surface area contributed by atoms with Crippen LogP contribution in [-0.4, -0.2) is 30.7 Å². The van der Waals surface area contributed by atoms with Crippen LogP contribution in [0.3, 0.4) is 0 Å². The maximum absolute atomic E-state index is 10.4. The molecule has 2 rings (SSSR count). The Labute approximate surface area is 105 Å². The summed E-state index contributed by atoms with van der Waals surface area (Å²) >= 11 is 0. The molecule has 0 fully saturated rings. The molecule has 0 aliphatic rings. The summed E-state index contributed by atoms with van der Waals surface area (Å²) in [5, 5.41) is 16.7. The lowest BCUT2D eigenvalue weighted by atomic mass is 10.2. The van der Waals surface area contributed by atoms with Gasteiger partial charge in [0.1, 0.15) is 5.82 Å². The van der Waals surface area contributed by atoms with Gasteiger partial charge in [-0.05, 0) is 32.8 Å². The number of carbonyl (C=O) groups is 1. The lowest BCUT2D eigenvalue weighted by Gasteiger charge is -2.03. The van der Waals surface area contributed by atoms with E-state index >= 15 is 0 Å². The highest BCUT2D eigenvalue weighted by atomic mass is 16.4. The first-order valence-electron chi connectivity index (χ1n) is 5.98. The maximum Gasteiger partial charge on any atom is 0.303 e. The molecule has 1 N–H and O–H groups in total. The van der Waals surface area contributed by atoms with Crippen molar-refractivity contribution in [2.45, 2.75) is 39.5 Å². The van der Waals surface area contributed by atoms with E-state index in [9.17, 15) is 4.79 Å². The molecule has 2 aromatic heterocycles. The molecule has 0 aliphatic heterocycles. The monoisotopic (exact) mass is 248 g/mol. The van der Waals surface area contributed by atoms with Crippen LogP contribution < -0.4 is 0 Å². The van der Waals surface area contributed by atoms with Crippen molar-refractivity contribution in [3.8, 4) is 0 Å². The third-order valence-electron chi connectivity index (χ3n) is 2.80. The zero-order chi connectivity index (χ0) is 13.1. The van der Waals surface area contributed by atoms with E-state index in [4.69, 9.17) is 5.11 Å². The first-order chi connectivity index (χ1) is 8.58. The summed E-state index contributed by atoms with van der Waals surface area (Å²) in [4.78, 5) is 14.7. The van der Waals surface area contributed by atoms with Crippen LogP contribution in [0.2, 0.25) is 0 Å². The summed E-state index contributed by atoms with van der Waals surface area (Å²) in [6.07, 6.45) is 2.37. The number of hydrogen-bond acceptors (Lipinski definition) is 4. The Morgan fingerprint density at radius 1 is 1.33 bits per heavy atom. The number of fused-ring (bicyclic) bond motifs is 1. The van der Waals surface area contributed by atoms with Crippen LogP contribution >= 0.6 is 0 Å². The van der Waals surface area contributed by atoms with Gasteiger partial charge in [0.2, 0.25) is 0 Å². The molecule has 18 heavy (non-hydrogen) atoms. The molecule has 0 spiro atoms. The average Bonchev–Trinajstić information content (AvgIpc) is 2.67. The zero-order valence-corrected chi connectivity index (χ0v) is 10.6. The van der Waals surface area contributed by atoms with Gasteiger partial charge in [-0.25, -0.2) is 4.98 Å². The predicted molar refractivity (Wildman–Crippen MR) is 65.4 cm³/mol. The topological polar surface area (TPSA) is 80.4 Å². The number of hydrogen-bond donors (Lipinski definition) is 1. The standard InChI is InChI=1S/C12H16N4O2/c1-8-7-9(2)16-10(14-15-12(16)13-8)5-3-4-6-11(17)18/h7H,3-6H2,1-2H3,(H,17,18). The first-order valence-corrected chi connectivity index (χ1v) is 5.98. The third-order valence-corrected chi connectivity index (χ3v) is 2.80. The van der Waals surface area contributed by atoms with E-state index < -0.39 is 5.97 Å². The maximum atomic E-state index is 10.4. The molecule has 0 unspecified atom stereocenters. The summed E-state index contributed by atoms with van der Waals surface area (Å²) < 4.78 is 1.92. The van der Waals surface area contributed by atoms with Gasteiger partial charge in [-0.2, -0.15) is 0 Å². The van der Waals surface area contributed by atoms with Crippen LogP contribution in [-0.2, 0) is 11.2 Å². The minimum atomic E-state index is -0.755. The Balaban J connectivity index is 2.12. The van der Waals surface area contributed by atoms with Gasteiger partial charge in [-0.1, -0.05) is 0 Å². The SMILES string of the molecule is Cc1cc(C)n2c(CCCCC(=O)O)nnc2n1. The molecule has 0 saturated carbocycles. The number of aryl methyl sites for hydroxylation is 3. The van der Waals surface area contributed by atoms with E-state index in [1.54, 1.807) is 0 Å². The molecular weight excluding hydrogens is 232 g/mol. The summed E-state index contributed by atoms with van der Waals surface area (Å²) in [6, 6.07) is 1.98. The van der Waals surface area contributed by atoms with E-state index in [0.717, 1.165) is 30.1 Å². The summed E-state index contributed by atoms with van der Waals surface area (Å²) in [6.45, 7) is 3.92. The summed E-state index contributed by atoms with van der Waals surface area (Å²) in [7, 11) is 0. The predicted octanol–water partition coefficient (Wildman–Crippen LogP) is 1.54. The minimum absolute atomic E-state index is 0.201. The van der Waals surface area contributed by atoms with Gasteiger partial charge in [0.05, 0.1) is 0 Å². The van der Waals surface area contributed by atoms with Crippen molar-refractivity contribution in [3.63, 3.8) is 0 Å². The Kier molecular flexibility index (Phi) is 3.55. The average molecular weight is 248 g/mol. The molecule has 0 amide bonds. The number of rotatable bonds is 5. The summed E-state index contributed by atoms with van der Waals surface area (Å²) in [5.74, 6) is 0.704. The Morgan fingerprint density at radius 2 is 2.11 bits per heavy atom. The van der Waals surface area contributed by atoms with Crippen LogP contribution in [0.1, 0.15) is 36.5 Å². The van der Waals surface area contributed by atoms with Crippen molar-refractivity contribution < 1.29 is 9.90 Å². The number of nitrogens with zero attached hydrogens (tertiary/aromatic N) is 4. The van der Waals surface area contributed by atoms with Crippen LogP contribution in [0, 0.1) is 13.8 Å². The van der Waals surface area contributed by atoms with E-state index in [0.29, 0.717) is 12.2 Å². The first kappa shape index (κ1) is 12.5. The van der Waals surface area contributed by atoms with Gasteiger partial charge >= 0.3 is 5.97 Å². The lowest BCUT2D eigenvalue weighted by Crippen LogP contribution is -2.02. The number of unbranched alkanes of at least 4 members (excludes halogenated alkanes) is 1. The molecule has 6 heteroatoms. The quantitative estimate of drug-likeness (QED) is 0.812. The van der Waals surface area contributed by atoms with Crippen LogP contribution in [0.4, 0.5) is 0 Å². The van der Waals surface area contributed by atoms with Gasteiger partial charge in [-0.3, -0.25) is 9.20 Å². The molecule has 0 bridgehead atoms. The van der Waals surface area contributed by atoms with Gasteiger partial charge < -0.3 is 5.11 Å². The molecule has 2 heterocycles. The van der Waals surface area contributed by atoms with Crippen molar-refractivity contribution >= 4 is 11.7 Å². The number of aliphatic carboxylic acids is 1. The molecule has 0 radical (unpaired) electrons. The zero-order valence-electron chi connectivity index (χ0n) is 10.6. The Hall–Kier alpha value is -1.98. The van der Waals surface area contributed by atoms with E-state index in [2.05, 4.69) is 15.2 Å². The second-order valence-electron chi connectivity index (χ2n) is 4.39. The largest absolute Gasteiger partial charge is 0.481 e. The van der Waals surface area contributed by atoms with Crippen molar-refractivity contribution in [3.05, 3.63) is 23.3 Å². The van der Waals surface area contributed by atoms with Crippen molar-refractivity contribution in [1.29, 1.82) is 0 Å². The highest BCUT2D eigenvalue weighted by molar-refractivity contribution is 5.66. The molecule has 6 nitrogen and oxygen atoms in total. The van der Waals surface area contributed by atoms with Gasteiger partial charge in [-0.15, -0.1) is 10.2 Å². The lowest BCUT2D eigenvalue weighted by molar-refractivity contribution is -0.137. The van der Waals surface area contributed by atoms with Crippen LogP contribution in [0.5, 0.6) is 0 Å². The molecule has 0 atom stereocenters. The normalized spacial score (nSPS) is 11.0. The number of aromatic nitrogens is 4. The second kappa shape index (κ2) is 5.12. The highest BCUT2D eigenvalue weighted by Gasteiger charge is 2.09. The van der Waals surface area contributed by atoms with Crippen molar-refractivity contribution in [2.24, 2.45) is 0 Å². The molecule has 0 saturated heterocycles. The summed E-state index contributed by atoms with van der Waals surface area (Å²) in [5.41, 5.74) is 1.97. The molecule has 2 aromatic rings. The fraction of sp³-hybridized carbons (Fsp3) is 0.500. The number of carboxylic acids is 1. The molecule has 96 valence electrons. The smallest absolute Gasteiger partial charge is 0.303 e. The van der Waals surface area contributed by atoms with E-state index in [1.165, 1.54) is 0 Å². The fourth-order valence-electron chi connectivity index (χ4n) is 2.02. The second-order valence-corrected chi connectivity index (χ2v) is 4.39. The van der Waals surface area contributed by atoms with Gasteiger partial charge in [0, 0.05) is 24.2 Å². The molecule has 0 aliphatic carbocycles. The Bertz CT molecular complexity index is 577. The van der Waals surface area contributed by atoms with Gasteiger partial charge in [0.15, 0.2) is 0 Å². The third kappa shape index (κ3) is 2.64. The fourth-order valence-corrected chi connectivity index (χ4v) is 2.02.